The number of nitrogens with zero attached hydrogens (tertiary/aromatic N) is 3. The van der Waals surface area contributed by atoms with Gasteiger partial charge in [0.25, 0.3) is 5.91 Å². The third-order valence-electron chi connectivity index (χ3n) is 6.74. The van der Waals surface area contributed by atoms with Gasteiger partial charge in [-0.1, -0.05) is 60.7 Å². The van der Waals surface area contributed by atoms with E-state index in [-0.39, 0.29) is 36.9 Å². The molecule has 0 spiro atoms. The van der Waals surface area contributed by atoms with Crippen LogP contribution in [0.25, 0.3) is 6.08 Å². The van der Waals surface area contributed by atoms with E-state index in [1.165, 1.54) is 5.57 Å². The van der Waals surface area contributed by atoms with E-state index in [2.05, 4.69) is 35.7 Å². The topological polar surface area (TPSA) is 65.0 Å². The third kappa shape index (κ3) is 4.76. The highest BCUT2D eigenvalue weighted by Crippen LogP contribution is 2.44. The molecule has 2 heterocycles. The number of hydrazone groups is 1. The predicted octanol–water partition coefficient (Wildman–Crippen LogP) is 3.63. The Balaban J connectivity index is 1.46. The number of hydrogen-bond donors (Lipinski definition) is 1. The number of allylic oxidation sites excluding steroid dienone is 1. The summed E-state index contributed by atoms with van der Waals surface area (Å²) in [7, 11) is 0. The first kappa shape index (κ1) is 21.6. The van der Waals surface area contributed by atoms with E-state index >= 15 is 0 Å². The second-order valence-electron chi connectivity index (χ2n) is 9.07. The molecule has 2 amide bonds. The standard InChI is InChI=1S/C27H30N4O2/c32-24-18-30(16-8-15-28-24)19-25(33)31-27(21-11-5-2-6-12-21)23-14-7-13-22(26(23)29-31)17-20-9-3-1-4-10-20/h1-6,9-12,17,23,27H,7-8,13-16,18-19H2,(H,28,32)/b22-17-. The van der Waals surface area contributed by atoms with Crippen LogP contribution in [0.4, 0.5) is 0 Å². The molecule has 1 saturated heterocycles. The second-order valence-corrected chi connectivity index (χ2v) is 9.07. The SMILES string of the molecule is O=C1CN(CC(=O)N2N=C3/C(=C\c4ccccc4)CCCC3C2c2ccccc2)CCCN1. The summed E-state index contributed by atoms with van der Waals surface area (Å²) in [6.45, 7) is 1.86. The van der Waals surface area contributed by atoms with Crippen LogP contribution in [0.1, 0.15) is 42.9 Å². The lowest BCUT2D eigenvalue weighted by Gasteiger charge is -2.30. The molecule has 2 atom stereocenters. The molecule has 5 rings (SSSR count). The molecule has 0 radical (unpaired) electrons. The molecule has 33 heavy (non-hydrogen) atoms. The quantitative estimate of drug-likeness (QED) is 0.786. The number of hydrogen-bond acceptors (Lipinski definition) is 4. The highest BCUT2D eigenvalue weighted by Gasteiger charge is 2.43. The van der Waals surface area contributed by atoms with Crippen LogP contribution in [-0.4, -0.2) is 53.6 Å². The Morgan fingerprint density at radius 2 is 1.82 bits per heavy atom. The molecule has 6 nitrogen and oxygen atoms in total. The van der Waals surface area contributed by atoms with E-state index in [4.69, 9.17) is 5.10 Å². The summed E-state index contributed by atoms with van der Waals surface area (Å²) < 4.78 is 0. The summed E-state index contributed by atoms with van der Waals surface area (Å²) in [5.41, 5.74) is 4.54. The first-order chi connectivity index (χ1) is 16.2. The fraction of sp³-hybridized carbons (Fsp3) is 0.370. The molecule has 1 saturated carbocycles. The van der Waals surface area contributed by atoms with E-state index in [0.717, 1.165) is 49.1 Å². The van der Waals surface area contributed by atoms with Gasteiger partial charge in [0.2, 0.25) is 5.91 Å². The van der Waals surface area contributed by atoms with E-state index in [1.807, 2.05) is 41.3 Å². The van der Waals surface area contributed by atoms with E-state index < -0.39 is 0 Å². The van der Waals surface area contributed by atoms with Crippen molar-refractivity contribution in [2.24, 2.45) is 11.0 Å². The van der Waals surface area contributed by atoms with Gasteiger partial charge >= 0.3 is 0 Å². The maximum Gasteiger partial charge on any atom is 0.257 e. The van der Waals surface area contributed by atoms with Crippen molar-refractivity contribution in [3.63, 3.8) is 0 Å². The number of nitrogens with one attached hydrogen (secondary N) is 1. The van der Waals surface area contributed by atoms with Crippen molar-refractivity contribution in [3.8, 4) is 0 Å². The fourth-order valence-corrected chi connectivity index (χ4v) is 5.21. The number of amides is 2. The summed E-state index contributed by atoms with van der Waals surface area (Å²) in [5.74, 6) is 0.126. The Hall–Kier alpha value is -3.25. The molecular formula is C27H30N4O2. The second kappa shape index (κ2) is 9.71. The Morgan fingerprint density at radius 3 is 2.61 bits per heavy atom. The molecule has 3 aliphatic rings. The summed E-state index contributed by atoms with van der Waals surface area (Å²) in [5, 5.41) is 9.55. The van der Waals surface area contributed by atoms with Crippen molar-refractivity contribution in [1.29, 1.82) is 0 Å². The highest BCUT2D eigenvalue weighted by atomic mass is 16.2. The van der Waals surface area contributed by atoms with Crippen molar-refractivity contribution < 1.29 is 9.59 Å². The number of fused-ring (bicyclic) bond motifs is 1. The van der Waals surface area contributed by atoms with Gasteiger partial charge in [0.15, 0.2) is 0 Å². The molecule has 2 aromatic carbocycles. The Bertz CT molecular complexity index is 1060. The minimum absolute atomic E-state index is 0.0191. The first-order valence-electron chi connectivity index (χ1n) is 11.9. The van der Waals surface area contributed by atoms with Crippen LogP contribution < -0.4 is 5.32 Å². The number of carbonyl (C=O) groups is 2. The van der Waals surface area contributed by atoms with Crippen molar-refractivity contribution in [3.05, 3.63) is 77.4 Å². The third-order valence-corrected chi connectivity index (χ3v) is 6.74. The van der Waals surface area contributed by atoms with Gasteiger partial charge in [-0.3, -0.25) is 14.5 Å². The fourth-order valence-electron chi connectivity index (χ4n) is 5.21. The van der Waals surface area contributed by atoms with Gasteiger partial charge in [-0.2, -0.15) is 5.10 Å². The van der Waals surface area contributed by atoms with Gasteiger partial charge in [0, 0.05) is 19.0 Å². The summed E-state index contributed by atoms with van der Waals surface area (Å²) in [4.78, 5) is 27.5. The summed E-state index contributed by atoms with van der Waals surface area (Å²) in [6, 6.07) is 20.5. The van der Waals surface area contributed by atoms with Crippen LogP contribution in [0.15, 0.2) is 71.3 Å². The minimum Gasteiger partial charge on any atom is -0.355 e. The minimum atomic E-state index is -0.103. The molecule has 170 valence electrons. The Morgan fingerprint density at radius 1 is 1.06 bits per heavy atom. The average Bonchev–Trinajstić information content (AvgIpc) is 3.12. The van der Waals surface area contributed by atoms with Crippen molar-refractivity contribution in [2.45, 2.75) is 31.7 Å². The van der Waals surface area contributed by atoms with Crippen LogP contribution >= 0.6 is 0 Å². The smallest absolute Gasteiger partial charge is 0.257 e. The largest absolute Gasteiger partial charge is 0.355 e. The van der Waals surface area contributed by atoms with E-state index in [9.17, 15) is 9.59 Å². The molecule has 1 aliphatic carbocycles. The number of carbonyl (C=O) groups excluding carboxylic acids is 2. The molecule has 1 N–H and O–H groups in total. The van der Waals surface area contributed by atoms with Crippen LogP contribution in [0.3, 0.4) is 0 Å². The molecule has 2 unspecified atom stereocenters. The van der Waals surface area contributed by atoms with E-state index in [0.29, 0.717) is 6.54 Å². The molecule has 2 fully saturated rings. The Labute approximate surface area is 195 Å². The lowest BCUT2D eigenvalue weighted by Crippen LogP contribution is -2.42. The molecule has 2 aliphatic heterocycles. The number of rotatable bonds is 4. The van der Waals surface area contributed by atoms with Crippen LogP contribution in [-0.2, 0) is 9.59 Å². The van der Waals surface area contributed by atoms with Crippen LogP contribution in [0, 0.1) is 5.92 Å². The van der Waals surface area contributed by atoms with E-state index in [1.54, 1.807) is 5.01 Å². The molecule has 0 aromatic heterocycles. The van der Waals surface area contributed by atoms with Gasteiger partial charge < -0.3 is 5.32 Å². The maximum atomic E-state index is 13.6. The molecule has 6 heteroatoms. The predicted molar refractivity (Wildman–Crippen MR) is 129 cm³/mol. The zero-order chi connectivity index (χ0) is 22.6. The van der Waals surface area contributed by atoms with Gasteiger partial charge in [0.05, 0.1) is 24.8 Å². The molecule has 2 aromatic rings. The lowest BCUT2D eigenvalue weighted by molar-refractivity contribution is -0.135. The van der Waals surface area contributed by atoms with Gasteiger partial charge in [-0.15, -0.1) is 0 Å². The van der Waals surface area contributed by atoms with Crippen molar-refractivity contribution >= 4 is 23.6 Å². The summed E-state index contributed by atoms with van der Waals surface area (Å²) in [6.07, 6.45) is 6.14. The van der Waals surface area contributed by atoms with Gasteiger partial charge in [-0.05, 0) is 48.5 Å². The van der Waals surface area contributed by atoms with Crippen molar-refractivity contribution in [1.82, 2.24) is 15.2 Å². The highest BCUT2D eigenvalue weighted by molar-refractivity contribution is 6.08. The lowest BCUT2D eigenvalue weighted by atomic mass is 9.77. The average molecular weight is 443 g/mol. The number of benzene rings is 2. The molecule has 0 bridgehead atoms. The zero-order valence-electron chi connectivity index (χ0n) is 18.8. The van der Waals surface area contributed by atoms with Gasteiger partial charge in [0.1, 0.15) is 0 Å². The van der Waals surface area contributed by atoms with Crippen molar-refractivity contribution in [2.75, 3.05) is 26.2 Å². The Kier molecular flexibility index (Phi) is 6.35. The van der Waals surface area contributed by atoms with Crippen LogP contribution in [0.2, 0.25) is 0 Å². The summed E-state index contributed by atoms with van der Waals surface area (Å²) >= 11 is 0. The zero-order valence-corrected chi connectivity index (χ0v) is 18.8. The molecular weight excluding hydrogens is 412 g/mol. The monoisotopic (exact) mass is 442 g/mol. The van der Waals surface area contributed by atoms with Crippen LogP contribution in [0.5, 0.6) is 0 Å². The maximum absolute atomic E-state index is 13.6. The normalized spacial score (nSPS) is 24.7. The first-order valence-corrected chi connectivity index (χ1v) is 11.9. The van der Waals surface area contributed by atoms with Gasteiger partial charge in [-0.25, -0.2) is 5.01 Å².